The van der Waals surface area contributed by atoms with Gasteiger partial charge in [0.1, 0.15) is 12.1 Å². The highest BCUT2D eigenvalue weighted by atomic mass is 16.5. The van der Waals surface area contributed by atoms with Crippen LogP contribution in [-0.4, -0.2) is 42.3 Å². The van der Waals surface area contributed by atoms with Gasteiger partial charge in [-0.15, -0.1) is 0 Å². The number of carboxylic acid groups (broad SMARTS) is 1. The number of benzene rings is 1. The molecule has 0 spiro atoms. The molecule has 0 aliphatic heterocycles. The summed E-state index contributed by atoms with van der Waals surface area (Å²) in [5.41, 5.74) is 6.68. The molecular weight excluding hydrogens is 320 g/mol. The van der Waals surface area contributed by atoms with Crippen LogP contribution in [0.1, 0.15) is 39.7 Å². The van der Waals surface area contributed by atoms with Crippen molar-refractivity contribution in [1.82, 2.24) is 5.32 Å². The van der Waals surface area contributed by atoms with Gasteiger partial charge in [0.2, 0.25) is 0 Å². The molecular formula is C19H32N2O4. The molecule has 0 aliphatic rings. The van der Waals surface area contributed by atoms with Crippen molar-refractivity contribution < 1.29 is 19.4 Å². The van der Waals surface area contributed by atoms with E-state index in [-0.39, 0.29) is 5.92 Å². The predicted octanol–water partition coefficient (Wildman–Crippen LogP) is 2.21. The Balaban J connectivity index is 0.000000535. The number of hydrogen-bond acceptors (Lipinski definition) is 5. The molecule has 0 heterocycles. The number of rotatable bonds is 9. The summed E-state index contributed by atoms with van der Waals surface area (Å²) >= 11 is 0. The van der Waals surface area contributed by atoms with E-state index in [1.807, 2.05) is 32.0 Å². The Morgan fingerprint density at radius 3 is 2.24 bits per heavy atom. The third kappa shape index (κ3) is 11.3. The first-order chi connectivity index (χ1) is 11.8. The highest BCUT2D eigenvalue weighted by molar-refractivity contribution is 5.78. The van der Waals surface area contributed by atoms with Gasteiger partial charge in [-0.2, -0.15) is 0 Å². The minimum absolute atomic E-state index is 0.253. The van der Waals surface area contributed by atoms with Crippen molar-refractivity contribution in [1.29, 1.82) is 0 Å². The molecule has 1 rings (SSSR count). The molecule has 6 heteroatoms. The fourth-order valence-corrected chi connectivity index (χ4v) is 2.16. The van der Waals surface area contributed by atoms with Crippen LogP contribution in [0.4, 0.5) is 0 Å². The number of nitrogens with one attached hydrogen (secondary N) is 1. The zero-order valence-electron chi connectivity index (χ0n) is 15.7. The van der Waals surface area contributed by atoms with E-state index in [0.29, 0.717) is 13.0 Å². The Morgan fingerprint density at radius 2 is 1.80 bits per heavy atom. The fourth-order valence-electron chi connectivity index (χ4n) is 2.16. The van der Waals surface area contributed by atoms with Crippen LogP contribution in [0.2, 0.25) is 0 Å². The molecule has 0 fully saturated rings. The van der Waals surface area contributed by atoms with Crippen LogP contribution in [0.25, 0.3) is 0 Å². The second-order valence-corrected chi connectivity index (χ2v) is 6.19. The summed E-state index contributed by atoms with van der Waals surface area (Å²) in [6, 6.07) is 8.95. The molecule has 6 nitrogen and oxygen atoms in total. The number of hydrogen-bond donors (Lipinski definition) is 3. The van der Waals surface area contributed by atoms with E-state index in [2.05, 4.69) is 17.4 Å². The van der Waals surface area contributed by atoms with E-state index in [1.54, 1.807) is 13.8 Å². The lowest BCUT2D eigenvalue weighted by Gasteiger charge is -2.20. The Morgan fingerprint density at radius 1 is 1.20 bits per heavy atom. The van der Waals surface area contributed by atoms with Gasteiger partial charge in [-0.1, -0.05) is 44.2 Å². The molecule has 1 aromatic carbocycles. The van der Waals surface area contributed by atoms with Crippen molar-refractivity contribution in [3.8, 4) is 0 Å². The van der Waals surface area contributed by atoms with E-state index >= 15 is 0 Å². The van der Waals surface area contributed by atoms with E-state index < -0.39 is 24.0 Å². The Kier molecular flexibility index (Phi) is 12.4. The Bertz CT molecular complexity index is 491. The molecule has 0 amide bonds. The second-order valence-electron chi connectivity index (χ2n) is 6.19. The van der Waals surface area contributed by atoms with Crippen molar-refractivity contribution >= 4 is 11.9 Å². The van der Waals surface area contributed by atoms with Crippen LogP contribution in [0.3, 0.4) is 0 Å². The molecule has 142 valence electrons. The number of carbonyl (C=O) groups is 2. The lowest BCUT2D eigenvalue weighted by atomic mass is 10.0. The third-order valence-corrected chi connectivity index (χ3v) is 3.37. The van der Waals surface area contributed by atoms with Crippen LogP contribution in [0.5, 0.6) is 0 Å². The van der Waals surface area contributed by atoms with Gasteiger partial charge in [0.05, 0.1) is 6.61 Å². The highest BCUT2D eigenvalue weighted by Gasteiger charge is 2.24. The topological polar surface area (TPSA) is 102 Å². The number of aliphatic carboxylic acids is 1. The highest BCUT2D eigenvalue weighted by Crippen LogP contribution is 2.06. The summed E-state index contributed by atoms with van der Waals surface area (Å²) in [4.78, 5) is 22.2. The predicted molar refractivity (Wildman–Crippen MR) is 99.3 cm³/mol. The maximum Gasteiger partial charge on any atom is 0.322 e. The van der Waals surface area contributed by atoms with E-state index in [1.165, 1.54) is 5.56 Å². The monoisotopic (exact) mass is 352 g/mol. The molecule has 0 saturated heterocycles. The van der Waals surface area contributed by atoms with Gasteiger partial charge in [-0.25, -0.2) is 0 Å². The van der Waals surface area contributed by atoms with Gasteiger partial charge in [-0.05, 0) is 44.7 Å². The minimum atomic E-state index is -0.940. The number of nitrogens with two attached hydrogens (primary N) is 1. The van der Waals surface area contributed by atoms with Crippen molar-refractivity contribution in [2.24, 2.45) is 11.7 Å². The largest absolute Gasteiger partial charge is 0.480 e. The standard InChI is InChI=1S/C11H21NO4.C8H11N/c1-5-16-11(15)8(4)12-9(10(13)14)6-7(2)3;9-7-6-8-4-2-1-3-5-8/h7-9,12H,5-6H2,1-4H3,(H,13,14);1-5H,6-7,9H2/t8-,9+;/m1./s1. The molecule has 2 atom stereocenters. The molecule has 1 aromatic rings. The molecule has 0 unspecified atom stereocenters. The average Bonchev–Trinajstić information content (AvgIpc) is 2.55. The SMILES string of the molecule is CCOC(=O)[C@@H](C)N[C@@H](CC(C)C)C(=O)O.NCCc1ccccc1. The number of ether oxygens (including phenoxy) is 1. The lowest BCUT2D eigenvalue weighted by Crippen LogP contribution is -2.46. The molecule has 0 bridgehead atoms. The first-order valence-corrected chi connectivity index (χ1v) is 8.71. The summed E-state index contributed by atoms with van der Waals surface area (Å²) in [6.45, 7) is 8.23. The van der Waals surface area contributed by atoms with Gasteiger partial charge in [0, 0.05) is 0 Å². The van der Waals surface area contributed by atoms with Crippen molar-refractivity contribution in [3.63, 3.8) is 0 Å². The number of carboxylic acids is 1. The molecule has 0 radical (unpaired) electrons. The molecule has 0 saturated carbocycles. The van der Waals surface area contributed by atoms with Crippen molar-refractivity contribution in [2.75, 3.05) is 13.2 Å². The smallest absolute Gasteiger partial charge is 0.322 e. The Hall–Kier alpha value is -1.92. The van der Waals surface area contributed by atoms with Crippen LogP contribution in [0.15, 0.2) is 30.3 Å². The maximum absolute atomic E-state index is 11.3. The second kappa shape index (κ2) is 13.4. The van der Waals surface area contributed by atoms with Crippen LogP contribution >= 0.6 is 0 Å². The van der Waals surface area contributed by atoms with E-state index in [9.17, 15) is 9.59 Å². The first-order valence-electron chi connectivity index (χ1n) is 8.71. The van der Waals surface area contributed by atoms with Crippen molar-refractivity contribution in [2.45, 2.75) is 52.6 Å². The molecule has 0 aromatic heterocycles. The number of carbonyl (C=O) groups excluding carboxylic acids is 1. The first kappa shape index (κ1) is 23.1. The van der Waals surface area contributed by atoms with Gasteiger partial charge in [-0.3, -0.25) is 14.9 Å². The minimum Gasteiger partial charge on any atom is -0.480 e. The summed E-state index contributed by atoms with van der Waals surface area (Å²) < 4.78 is 4.79. The van der Waals surface area contributed by atoms with Gasteiger partial charge in [0.25, 0.3) is 0 Å². The lowest BCUT2D eigenvalue weighted by molar-refractivity contribution is -0.146. The fraction of sp³-hybridized carbons (Fsp3) is 0.579. The molecule has 0 aliphatic carbocycles. The molecule has 25 heavy (non-hydrogen) atoms. The van der Waals surface area contributed by atoms with E-state index in [4.69, 9.17) is 15.6 Å². The quantitative estimate of drug-likeness (QED) is 0.589. The van der Waals surface area contributed by atoms with Gasteiger partial charge >= 0.3 is 11.9 Å². The van der Waals surface area contributed by atoms with Gasteiger partial charge < -0.3 is 15.6 Å². The summed E-state index contributed by atoms with van der Waals surface area (Å²) in [7, 11) is 0. The third-order valence-electron chi connectivity index (χ3n) is 3.37. The zero-order valence-corrected chi connectivity index (χ0v) is 15.7. The molecule has 4 N–H and O–H groups in total. The maximum atomic E-state index is 11.3. The van der Waals surface area contributed by atoms with Gasteiger partial charge in [0.15, 0.2) is 0 Å². The van der Waals surface area contributed by atoms with Crippen LogP contribution in [0, 0.1) is 5.92 Å². The number of esters is 1. The van der Waals surface area contributed by atoms with Crippen LogP contribution < -0.4 is 11.1 Å². The van der Waals surface area contributed by atoms with E-state index in [0.717, 1.165) is 13.0 Å². The summed E-state index contributed by atoms with van der Waals surface area (Å²) in [5.74, 6) is -1.11. The summed E-state index contributed by atoms with van der Waals surface area (Å²) in [6.07, 6.45) is 1.47. The van der Waals surface area contributed by atoms with Crippen LogP contribution in [-0.2, 0) is 20.7 Å². The normalized spacial score (nSPS) is 12.7. The van der Waals surface area contributed by atoms with Crippen molar-refractivity contribution in [3.05, 3.63) is 35.9 Å². The Labute approximate surface area is 150 Å². The zero-order chi connectivity index (χ0) is 19.2. The summed E-state index contributed by atoms with van der Waals surface area (Å²) in [5, 5.41) is 11.7. The average molecular weight is 352 g/mol.